The van der Waals surface area contributed by atoms with Crippen LogP contribution in [0.4, 0.5) is 8.78 Å². The van der Waals surface area contributed by atoms with Gasteiger partial charge < -0.3 is 10.4 Å². The van der Waals surface area contributed by atoms with E-state index >= 15 is 0 Å². The molecule has 2 rings (SSSR count). The van der Waals surface area contributed by atoms with Gasteiger partial charge in [0.05, 0.1) is 5.60 Å². The van der Waals surface area contributed by atoms with Gasteiger partial charge in [0.25, 0.3) is 0 Å². The van der Waals surface area contributed by atoms with E-state index < -0.39 is 17.2 Å². The zero-order chi connectivity index (χ0) is 12.5. The predicted octanol–water partition coefficient (Wildman–Crippen LogP) is 2.17. The summed E-state index contributed by atoms with van der Waals surface area (Å²) in [5, 5.41) is 13.6. The van der Waals surface area contributed by atoms with Gasteiger partial charge in [0.1, 0.15) is 0 Å². The molecule has 0 spiro atoms. The summed E-state index contributed by atoms with van der Waals surface area (Å²) in [6.07, 6.45) is 1.76. The molecule has 0 saturated carbocycles. The lowest BCUT2D eigenvalue weighted by molar-refractivity contribution is -0.0190. The Labute approximate surface area is 99.7 Å². The highest BCUT2D eigenvalue weighted by molar-refractivity contribution is 5.25. The third-order valence-corrected chi connectivity index (χ3v) is 3.59. The van der Waals surface area contributed by atoms with Crippen LogP contribution in [0.5, 0.6) is 0 Å². The van der Waals surface area contributed by atoms with Gasteiger partial charge in [-0.3, -0.25) is 0 Å². The third kappa shape index (κ3) is 2.33. The maximum Gasteiger partial charge on any atom is 0.164 e. The van der Waals surface area contributed by atoms with Crippen LogP contribution in [0.2, 0.25) is 0 Å². The van der Waals surface area contributed by atoms with Crippen LogP contribution in [-0.4, -0.2) is 18.2 Å². The molecule has 1 aromatic rings. The molecule has 2 unspecified atom stereocenters. The number of halogens is 2. The molecule has 2 nitrogen and oxygen atoms in total. The van der Waals surface area contributed by atoms with Crippen molar-refractivity contribution in [3.8, 4) is 0 Å². The Morgan fingerprint density at radius 3 is 2.82 bits per heavy atom. The summed E-state index contributed by atoms with van der Waals surface area (Å²) in [6.45, 7) is 3.10. The Morgan fingerprint density at radius 1 is 1.41 bits per heavy atom. The van der Waals surface area contributed by atoms with Gasteiger partial charge >= 0.3 is 0 Å². The smallest absolute Gasteiger partial charge is 0.164 e. The van der Waals surface area contributed by atoms with Crippen molar-refractivity contribution in [2.75, 3.05) is 13.1 Å². The molecule has 4 heteroatoms. The van der Waals surface area contributed by atoms with E-state index in [1.807, 2.05) is 0 Å². The van der Waals surface area contributed by atoms with E-state index in [0.29, 0.717) is 6.54 Å². The molecule has 94 valence electrons. The molecule has 2 N–H and O–H groups in total. The molecule has 1 saturated heterocycles. The van der Waals surface area contributed by atoms with Gasteiger partial charge in [-0.15, -0.1) is 0 Å². The molecule has 1 heterocycles. The largest absolute Gasteiger partial charge is 0.385 e. The second-order valence-electron chi connectivity index (χ2n) is 4.79. The summed E-state index contributed by atoms with van der Waals surface area (Å²) in [5.41, 5.74) is -1.29. The van der Waals surface area contributed by atoms with E-state index in [9.17, 15) is 13.9 Å². The summed E-state index contributed by atoms with van der Waals surface area (Å²) >= 11 is 0. The maximum absolute atomic E-state index is 13.7. The summed E-state index contributed by atoms with van der Waals surface area (Å²) in [5.74, 6) is -1.94. The molecule has 0 amide bonds. The van der Waals surface area contributed by atoms with E-state index in [-0.39, 0.29) is 11.5 Å². The first-order valence-corrected chi connectivity index (χ1v) is 5.91. The summed E-state index contributed by atoms with van der Waals surface area (Å²) in [4.78, 5) is 0. The fourth-order valence-electron chi connectivity index (χ4n) is 2.45. The van der Waals surface area contributed by atoms with Crippen molar-refractivity contribution < 1.29 is 13.9 Å². The van der Waals surface area contributed by atoms with E-state index in [1.165, 1.54) is 12.1 Å². The van der Waals surface area contributed by atoms with Gasteiger partial charge in [0.2, 0.25) is 0 Å². The zero-order valence-corrected chi connectivity index (χ0v) is 9.84. The topological polar surface area (TPSA) is 32.3 Å². The summed E-state index contributed by atoms with van der Waals surface area (Å²) in [6, 6.07) is 3.94. The van der Waals surface area contributed by atoms with Crippen molar-refractivity contribution in [2.24, 2.45) is 5.92 Å². The van der Waals surface area contributed by atoms with Gasteiger partial charge in [-0.25, -0.2) is 8.78 Å². The van der Waals surface area contributed by atoms with E-state index in [0.717, 1.165) is 25.5 Å². The highest BCUT2D eigenvalue weighted by Crippen LogP contribution is 2.35. The fraction of sp³-hybridized carbons (Fsp3) is 0.538. The normalized spacial score (nSPS) is 24.4. The molecule has 17 heavy (non-hydrogen) atoms. The fourth-order valence-corrected chi connectivity index (χ4v) is 2.45. The van der Waals surface area contributed by atoms with Crippen molar-refractivity contribution in [1.82, 2.24) is 5.32 Å². The van der Waals surface area contributed by atoms with Crippen LogP contribution in [0.15, 0.2) is 18.2 Å². The highest BCUT2D eigenvalue weighted by Gasteiger charge is 2.37. The lowest BCUT2D eigenvalue weighted by atomic mass is 9.78. The Balaban J connectivity index is 2.32. The molecular formula is C13H17F2NO. The van der Waals surface area contributed by atoms with Crippen LogP contribution < -0.4 is 5.32 Å². The van der Waals surface area contributed by atoms with Crippen molar-refractivity contribution >= 4 is 0 Å². The lowest BCUT2D eigenvalue weighted by Crippen LogP contribution is -2.43. The average Bonchev–Trinajstić information content (AvgIpc) is 2.33. The molecule has 1 aliphatic heterocycles. The van der Waals surface area contributed by atoms with Crippen LogP contribution in [0, 0.1) is 17.6 Å². The summed E-state index contributed by atoms with van der Waals surface area (Å²) in [7, 11) is 0. The molecule has 1 aliphatic rings. The van der Waals surface area contributed by atoms with Crippen molar-refractivity contribution in [1.29, 1.82) is 0 Å². The van der Waals surface area contributed by atoms with Crippen LogP contribution >= 0.6 is 0 Å². The average molecular weight is 241 g/mol. The monoisotopic (exact) mass is 241 g/mol. The number of benzene rings is 1. The first-order chi connectivity index (χ1) is 8.03. The zero-order valence-electron chi connectivity index (χ0n) is 9.84. The number of rotatable bonds is 2. The Bertz CT molecular complexity index is 400. The third-order valence-electron chi connectivity index (χ3n) is 3.59. The Kier molecular flexibility index (Phi) is 3.45. The first-order valence-electron chi connectivity index (χ1n) is 5.91. The maximum atomic E-state index is 13.7. The molecule has 1 fully saturated rings. The molecule has 0 aliphatic carbocycles. The van der Waals surface area contributed by atoms with Crippen LogP contribution in [0.25, 0.3) is 0 Å². The number of piperidine rings is 1. The standard InChI is InChI=1S/C13H17F2NO/c1-13(17,9-4-3-7-16-8-9)10-5-2-6-11(14)12(10)15/h2,5-6,9,16-17H,3-4,7-8H2,1H3. The van der Waals surface area contributed by atoms with Crippen LogP contribution in [0.3, 0.4) is 0 Å². The first kappa shape index (κ1) is 12.5. The second-order valence-corrected chi connectivity index (χ2v) is 4.79. The minimum Gasteiger partial charge on any atom is -0.385 e. The van der Waals surface area contributed by atoms with Gasteiger partial charge in [-0.05, 0) is 32.4 Å². The van der Waals surface area contributed by atoms with E-state index in [4.69, 9.17) is 0 Å². The van der Waals surface area contributed by atoms with Gasteiger partial charge in [-0.1, -0.05) is 12.1 Å². The van der Waals surface area contributed by atoms with Gasteiger partial charge in [0, 0.05) is 18.0 Å². The number of nitrogens with one attached hydrogen (secondary N) is 1. The Morgan fingerprint density at radius 2 is 2.18 bits per heavy atom. The molecule has 0 aromatic heterocycles. The van der Waals surface area contributed by atoms with Gasteiger partial charge in [0.15, 0.2) is 11.6 Å². The Hall–Kier alpha value is -1.00. The van der Waals surface area contributed by atoms with Crippen LogP contribution in [0.1, 0.15) is 25.3 Å². The highest BCUT2D eigenvalue weighted by atomic mass is 19.2. The van der Waals surface area contributed by atoms with E-state index in [2.05, 4.69) is 5.32 Å². The van der Waals surface area contributed by atoms with Crippen LogP contribution in [-0.2, 0) is 5.60 Å². The SMILES string of the molecule is CC(O)(c1cccc(F)c1F)C1CCCNC1. The molecule has 1 aromatic carbocycles. The quantitative estimate of drug-likeness (QED) is 0.831. The van der Waals surface area contributed by atoms with Crippen molar-refractivity contribution in [3.63, 3.8) is 0 Å². The minimum absolute atomic E-state index is 0.0474. The lowest BCUT2D eigenvalue weighted by Gasteiger charge is -2.36. The minimum atomic E-state index is -1.33. The number of hydrogen-bond donors (Lipinski definition) is 2. The van der Waals surface area contributed by atoms with E-state index in [1.54, 1.807) is 6.92 Å². The molecule has 0 radical (unpaired) electrons. The predicted molar refractivity (Wildman–Crippen MR) is 61.5 cm³/mol. The van der Waals surface area contributed by atoms with Crippen molar-refractivity contribution in [3.05, 3.63) is 35.4 Å². The number of hydrogen-bond acceptors (Lipinski definition) is 2. The van der Waals surface area contributed by atoms with Gasteiger partial charge in [-0.2, -0.15) is 0 Å². The number of aliphatic hydroxyl groups is 1. The molecular weight excluding hydrogens is 224 g/mol. The molecule has 2 atom stereocenters. The second kappa shape index (κ2) is 4.70. The summed E-state index contributed by atoms with van der Waals surface area (Å²) < 4.78 is 26.9. The van der Waals surface area contributed by atoms with Crippen molar-refractivity contribution in [2.45, 2.75) is 25.4 Å². The molecule has 0 bridgehead atoms.